The fourth-order valence-electron chi connectivity index (χ4n) is 3.86. The molecule has 0 spiro atoms. The van der Waals surface area contributed by atoms with Gasteiger partial charge in [-0.2, -0.15) is 0 Å². The van der Waals surface area contributed by atoms with Crippen molar-refractivity contribution in [2.45, 2.75) is 26.8 Å². The summed E-state index contributed by atoms with van der Waals surface area (Å²) in [6.45, 7) is 5.81. The van der Waals surface area contributed by atoms with Crippen molar-refractivity contribution in [2.75, 3.05) is 19.8 Å². The smallest absolute Gasteiger partial charge is 0.257 e. The number of aryl methyl sites for hydroxylation is 2. The number of carbonyl (C=O) groups is 1. The molecule has 1 heterocycles. The number of para-hydroxylation sites is 4. The molecule has 4 aromatic rings. The van der Waals surface area contributed by atoms with Crippen molar-refractivity contribution in [3.05, 3.63) is 89.7 Å². The summed E-state index contributed by atoms with van der Waals surface area (Å²) >= 11 is 0. The van der Waals surface area contributed by atoms with E-state index >= 15 is 0 Å². The first-order valence-corrected chi connectivity index (χ1v) is 11.2. The minimum Gasteiger partial charge on any atom is -0.491 e. The maximum atomic E-state index is 12.2. The van der Waals surface area contributed by atoms with Crippen LogP contribution in [0.25, 0.3) is 11.0 Å². The number of hydrogen-bond donors (Lipinski definition) is 1. The van der Waals surface area contributed by atoms with Crippen LogP contribution in [-0.4, -0.2) is 35.2 Å². The van der Waals surface area contributed by atoms with Gasteiger partial charge in [-0.3, -0.25) is 4.79 Å². The second-order valence-corrected chi connectivity index (χ2v) is 7.94. The van der Waals surface area contributed by atoms with E-state index in [1.807, 2.05) is 54.6 Å². The fourth-order valence-corrected chi connectivity index (χ4v) is 3.86. The number of ether oxygens (including phenoxy) is 2. The zero-order chi connectivity index (χ0) is 23.0. The van der Waals surface area contributed by atoms with E-state index in [0.717, 1.165) is 33.7 Å². The van der Waals surface area contributed by atoms with Crippen molar-refractivity contribution < 1.29 is 14.3 Å². The summed E-state index contributed by atoms with van der Waals surface area (Å²) in [5, 5.41) is 2.92. The summed E-state index contributed by atoms with van der Waals surface area (Å²) in [5.74, 6) is 2.39. The molecule has 4 rings (SSSR count). The number of hydrogen-bond acceptors (Lipinski definition) is 4. The van der Waals surface area contributed by atoms with Crippen molar-refractivity contribution in [3.8, 4) is 11.5 Å². The number of imidazole rings is 1. The summed E-state index contributed by atoms with van der Waals surface area (Å²) in [6.07, 6.45) is 0.620. The van der Waals surface area contributed by atoms with Gasteiger partial charge in [0.25, 0.3) is 5.91 Å². The van der Waals surface area contributed by atoms with Crippen LogP contribution in [0, 0.1) is 13.8 Å². The highest BCUT2D eigenvalue weighted by molar-refractivity contribution is 5.77. The molecule has 0 unspecified atom stereocenters. The topological polar surface area (TPSA) is 65.4 Å². The van der Waals surface area contributed by atoms with Gasteiger partial charge in [0.2, 0.25) is 0 Å². The van der Waals surface area contributed by atoms with E-state index in [1.54, 1.807) is 0 Å². The number of aromatic nitrogens is 2. The number of nitrogens with one attached hydrogen (secondary N) is 1. The van der Waals surface area contributed by atoms with Crippen LogP contribution >= 0.6 is 0 Å². The second-order valence-electron chi connectivity index (χ2n) is 7.94. The Morgan fingerprint density at radius 1 is 0.909 bits per heavy atom. The Bertz CT molecular complexity index is 1200. The predicted octanol–water partition coefficient (Wildman–Crippen LogP) is 4.47. The molecule has 0 fully saturated rings. The SMILES string of the molecule is Cc1cccc(C)c1OCCn1c(CCNC(=O)COc2ccccc2)nc2ccccc21. The van der Waals surface area contributed by atoms with Crippen molar-refractivity contribution in [2.24, 2.45) is 0 Å². The van der Waals surface area contributed by atoms with Crippen LogP contribution in [0.2, 0.25) is 0 Å². The molecule has 0 aliphatic carbocycles. The van der Waals surface area contributed by atoms with Crippen LogP contribution < -0.4 is 14.8 Å². The molecule has 0 bridgehead atoms. The average molecular weight is 444 g/mol. The van der Waals surface area contributed by atoms with E-state index in [-0.39, 0.29) is 12.5 Å². The number of fused-ring (bicyclic) bond motifs is 1. The van der Waals surface area contributed by atoms with Crippen LogP contribution in [0.5, 0.6) is 11.5 Å². The standard InChI is InChI=1S/C27H29N3O3/c1-20-9-8-10-21(2)27(20)32-18-17-30-24-14-7-6-13-23(24)29-25(30)15-16-28-26(31)19-33-22-11-4-3-5-12-22/h3-14H,15-19H2,1-2H3,(H,28,31). The van der Waals surface area contributed by atoms with Gasteiger partial charge >= 0.3 is 0 Å². The lowest BCUT2D eigenvalue weighted by atomic mass is 10.1. The minimum absolute atomic E-state index is 0.00987. The van der Waals surface area contributed by atoms with E-state index < -0.39 is 0 Å². The van der Waals surface area contributed by atoms with E-state index in [0.29, 0.717) is 31.9 Å². The lowest BCUT2D eigenvalue weighted by Gasteiger charge is -2.14. The van der Waals surface area contributed by atoms with Gasteiger partial charge in [-0.15, -0.1) is 0 Å². The van der Waals surface area contributed by atoms with Crippen LogP contribution in [0.15, 0.2) is 72.8 Å². The number of carbonyl (C=O) groups excluding carboxylic acids is 1. The highest BCUT2D eigenvalue weighted by Crippen LogP contribution is 2.23. The molecule has 0 saturated heterocycles. The predicted molar refractivity (Wildman–Crippen MR) is 130 cm³/mol. The Kier molecular flexibility index (Phi) is 7.25. The normalized spacial score (nSPS) is 10.8. The maximum Gasteiger partial charge on any atom is 0.257 e. The highest BCUT2D eigenvalue weighted by Gasteiger charge is 2.12. The van der Waals surface area contributed by atoms with Gasteiger partial charge in [-0.05, 0) is 49.2 Å². The second kappa shape index (κ2) is 10.7. The molecule has 170 valence electrons. The Labute approximate surface area is 194 Å². The van der Waals surface area contributed by atoms with Gasteiger partial charge in [-0.1, -0.05) is 48.5 Å². The first kappa shape index (κ1) is 22.4. The quantitative estimate of drug-likeness (QED) is 0.393. The first-order valence-electron chi connectivity index (χ1n) is 11.2. The average Bonchev–Trinajstić information content (AvgIpc) is 3.17. The monoisotopic (exact) mass is 443 g/mol. The van der Waals surface area contributed by atoms with Gasteiger partial charge in [0.05, 0.1) is 17.6 Å². The van der Waals surface area contributed by atoms with E-state index in [9.17, 15) is 4.79 Å². The van der Waals surface area contributed by atoms with Crippen LogP contribution in [0.3, 0.4) is 0 Å². The zero-order valence-electron chi connectivity index (χ0n) is 19.1. The Balaban J connectivity index is 1.36. The summed E-state index contributed by atoms with van der Waals surface area (Å²) < 4.78 is 13.8. The van der Waals surface area contributed by atoms with Crippen molar-refractivity contribution >= 4 is 16.9 Å². The molecule has 1 N–H and O–H groups in total. The third-order valence-corrected chi connectivity index (χ3v) is 5.49. The molecule has 6 heteroatoms. The Morgan fingerprint density at radius 3 is 2.42 bits per heavy atom. The molecular weight excluding hydrogens is 414 g/mol. The van der Waals surface area contributed by atoms with Crippen LogP contribution in [-0.2, 0) is 17.8 Å². The molecular formula is C27H29N3O3. The Hall–Kier alpha value is -3.80. The fraction of sp³-hybridized carbons (Fsp3) is 0.259. The molecule has 1 aromatic heterocycles. The number of rotatable bonds is 10. The molecule has 0 aliphatic heterocycles. The summed E-state index contributed by atoms with van der Waals surface area (Å²) in [5.41, 5.74) is 4.27. The number of benzene rings is 3. The molecule has 0 radical (unpaired) electrons. The summed E-state index contributed by atoms with van der Waals surface area (Å²) in [7, 11) is 0. The first-order chi connectivity index (χ1) is 16.1. The lowest BCUT2D eigenvalue weighted by Crippen LogP contribution is -2.31. The van der Waals surface area contributed by atoms with E-state index in [2.05, 4.69) is 41.9 Å². The third kappa shape index (κ3) is 5.71. The summed E-state index contributed by atoms with van der Waals surface area (Å²) in [4.78, 5) is 17.0. The van der Waals surface area contributed by atoms with Crippen LogP contribution in [0.1, 0.15) is 17.0 Å². The molecule has 1 amide bonds. The Morgan fingerprint density at radius 2 is 1.64 bits per heavy atom. The van der Waals surface area contributed by atoms with Gasteiger partial charge in [-0.25, -0.2) is 4.98 Å². The van der Waals surface area contributed by atoms with Gasteiger partial charge in [0, 0.05) is 13.0 Å². The highest BCUT2D eigenvalue weighted by atomic mass is 16.5. The molecule has 0 aliphatic rings. The van der Waals surface area contributed by atoms with Gasteiger partial charge < -0.3 is 19.4 Å². The van der Waals surface area contributed by atoms with Gasteiger partial charge in [0.1, 0.15) is 23.9 Å². The molecule has 33 heavy (non-hydrogen) atoms. The lowest BCUT2D eigenvalue weighted by molar-refractivity contribution is -0.123. The van der Waals surface area contributed by atoms with Crippen LogP contribution in [0.4, 0.5) is 0 Å². The molecule has 0 atom stereocenters. The number of amides is 1. The molecule has 3 aromatic carbocycles. The van der Waals surface area contributed by atoms with Crippen molar-refractivity contribution in [1.29, 1.82) is 0 Å². The van der Waals surface area contributed by atoms with E-state index in [1.165, 1.54) is 0 Å². The maximum absolute atomic E-state index is 12.2. The van der Waals surface area contributed by atoms with Crippen molar-refractivity contribution in [1.82, 2.24) is 14.9 Å². The largest absolute Gasteiger partial charge is 0.491 e. The van der Waals surface area contributed by atoms with Gasteiger partial charge in [0.15, 0.2) is 6.61 Å². The van der Waals surface area contributed by atoms with E-state index in [4.69, 9.17) is 14.5 Å². The third-order valence-electron chi connectivity index (χ3n) is 5.49. The summed E-state index contributed by atoms with van der Waals surface area (Å²) in [6, 6.07) is 23.6. The zero-order valence-corrected chi connectivity index (χ0v) is 19.1. The van der Waals surface area contributed by atoms with Crippen molar-refractivity contribution in [3.63, 3.8) is 0 Å². The molecule has 6 nitrogen and oxygen atoms in total. The minimum atomic E-state index is -0.153. The number of nitrogens with zero attached hydrogens (tertiary/aromatic N) is 2. The molecule has 0 saturated carbocycles.